The number of sulfonamides is 1. The second kappa shape index (κ2) is 5.73. The second-order valence-corrected chi connectivity index (χ2v) is 6.83. The Morgan fingerprint density at radius 2 is 2.10 bits per heavy atom. The molecule has 9 heteroatoms. The molecule has 1 aromatic carbocycles. The van der Waals surface area contributed by atoms with Gasteiger partial charge in [0.2, 0.25) is 0 Å². The van der Waals surface area contributed by atoms with Gasteiger partial charge < -0.3 is 5.11 Å². The Labute approximate surface area is 129 Å². The van der Waals surface area contributed by atoms with Crippen molar-refractivity contribution in [3.63, 3.8) is 0 Å². The van der Waals surface area contributed by atoms with E-state index < -0.39 is 16.0 Å². The number of nitrogens with one attached hydrogen (secondary N) is 1. The van der Waals surface area contributed by atoms with E-state index in [0.29, 0.717) is 0 Å². The molecular formula is C12H7ClN2O4S2. The number of anilines is 1. The largest absolute Gasteiger partial charge is 0.477 e. The summed E-state index contributed by atoms with van der Waals surface area (Å²) in [5.41, 5.74) is -0.143. The maximum absolute atomic E-state index is 12.3. The minimum atomic E-state index is -4.12. The summed E-state index contributed by atoms with van der Waals surface area (Å²) in [7, 11) is -4.12. The SMILES string of the molecule is N#Cc1ccc(Cl)cc1S(=O)(=O)Nc1ccsc1C(=O)O. The number of nitrogens with zero attached hydrogens (tertiary/aromatic N) is 1. The Kier molecular flexibility index (Phi) is 4.18. The molecule has 0 saturated heterocycles. The van der Waals surface area contributed by atoms with Crippen LogP contribution in [-0.4, -0.2) is 19.5 Å². The summed E-state index contributed by atoms with van der Waals surface area (Å²) in [5, 5.41) is 19.5. The normalized spacial score (nSPS) is 10.9. The molecule has 2 N–H and O–H groups in total. The highest BCUT2D eigenvalue weighted by atomic mass is 35.5. The van der Waals surface area contributed by atoms with Crippen LogP contribution in [0.1, 0.15) is 15.2 Å². The second-order valence-electron chi connectivity index (χ2n) is 3.83. The van der Waals surface area contributed by atoms with Gasteiger partial charge in [-0.3, -0.25) is 4.72 Å². The van der Waals surface area contributed by atoms with Crippen molar-refractivity contribution in [3.05, 3.63) is 45.1 Å². The van der Waals surface area contributed by atoms with Crippen LogP contribution in [0.15, 0.2) is 34.5 Å². The average molecular weight is 343 g/mol. The summed E-state index contributed by atoms with van der Waals surface area (Å²) in [4.78, 5) is 10.5. The molecule has 0 saturated carbocycles. The summed E-state index contributed by atoms with van der Waals surface area (Å²) in [5.74, 6) is -1.24. The van der Waals surface area contributed by atoms with Gasteiger partial charge in [0.15, 0.2) is 0 Å². The highest BCUT2D eigenvalue weighted by molar-refractivity contribution is 7.92. The van der Waals surface area contributed by atoms with Crippen LogP contribution in [-0.2, 0) is 10.0 Å². The van der Waals surface area contributed by atoms with E-state index in [0.717, 1.165) is 17.4 Å². The molecule has 0 fully saturated rings. The number of nitriles is 1. The molecule has 1 heterocycles. The fourth-order valence-electron chi connectivity index (χ4n) is 1.57. The number of hydrogen-bond acceptors (Lipinski definition) is 5. The van der Waals surface area contributed by atoms with E-state index >= 15 is 0 Å². The predicted molar refractivity (Wildman–Crippen MR) is 78.3 cm³/mol. The molecule has 0 aliphatic carbocycles. The molecule has 21 heavy (non-hydrogen) atoms. The number of carboxylic acids is 1. The lowest BCUT2D eigenvalue weighted by molar-refractivity contribution is 0.0703. The topological polar surface area (TPSA) is 107 Å². The number of thiophene rings is 1. The van der Waals surface area contributed by atoms with Crippen LogP contribution in [0.3, 0.4) is 0 Å². The van der Waals surface area contributed by atoms with Gasteiger partial charge in [0.1, 0.15) is 15.8 Å². The summed E-state index contributed by atoms with van der Waals surface area (Å²) in [6.45, 7) is 0. The molecule has 0 radical (unpaired) electrons. The molecule has 0 amide bonds. The third-order valence-corrected chi connectivity index (χ3v) is 5.00. The number of rotatable bonds is 4. The summed E-state index contributed by atoms with van der Waals surface area (Å²) >= 11 is 6.64. The van der Waals surface area contributed by atoms with Crippen LogP contribution in [0.5, 0.6) is 0 Å². The number of halogens is 1. The fourth-order valence-corrected chi connectivity index (χ4v) is 3.81. The Balaban J connectivity index is 2.49. The van der Waals surface area contributed by atoms with Gasteiger partial charge in [-0.1, -0.05) is 11.6 Å². The van der Waals surface area contributed by atoms with Gasteiger partial charge >= 0.3 is 5.97 Å². The zero-order valence-corrected chi connectivity index (χ0v) is 12.6. The van der Waals surface area contributed by atoms with E-state index in [1.807, 2.05) is 0 Å². The smallest absolute Gasteiger partial charge is 0.348 e. The van der Waals surface area contributed by atoms with E-state index in [1.54, 1.807) is 6.07 Å². The van der Waals surface area contributed by atoms with Crippen LogP contribution in [0, 0.1) is 11.3 Å². The van der Waals surface area contributed by atoms with Gasteiger partial charge in [0.05, 0.1) is 11.3 Å². The van der Waals surface area contributed by atoms with Crippen molar-refractivity contribution in [1.82, 2.24) is 0 Å². The van der Waals surface area contributed by atoms with Crippen LogP contribution in [0.4, 0.5) is 5.69 Å². The van der Waals surface area contributed by atoms with E-state index in [4.69, 9.17) is 22.0 Å². The minimum Gasteiger partial charge on any atom is -0.477 e. The van der Waals surface area contributed by atoms with Crippen molar-refractivity contribution < 1.29 is 18.3 Å². The van der Waals surface area contributed by atoms with Gasteiger partial charge in [-0.2, -0.15) is 5.26 Å². The molecule has 0 spiro atoms. The Hall–Kier alpha value is -2.08. The molecule has 2 rings (SSSR count). The third-order valence-electron chi connectivity index (χ3n) is 2.46. The quantitative estimate of drug-likeness (QED) is 0.888. The first-order valence-electron chi connectivity index (χ1n) is 5.38. The Bertz CT molecular complexity index is 852. The van der Waals surface area contributed by atoms with Crippen molar-refractivity contribution in [3.8, 4) is 6.07 Å². The summed E-state index contributed by atoms with van der Waals surface area (Å²) < 4.78 is 26.8. The molecule has 6 nitrogen and oxygen atoms in total. The lowest BCUT2D eigenvalue weighted by atomic mass is 10.2. The maximum atomic E-state index is 12.3. The van der Waals surface area contributed by atoms with E-state index in [2.05, 4.69) is 4.72 Å². The lowest BCUT2D eigenvalue weighted by Gasteiger charge is -2.09. The zero-order valence-electron chi connectivity index (χ0n) is 10.2. The Morgan fingerprint density at radius 3 is 2.71 bits per heavy atom. The highest BCUT2D eigenvalue weighted by Gasteiger charge is 2.22. The standard InChI is InChI=1S/C12H7ClN2O4S2/c13-8-2-1-7(6-14)10(5-8)21(18,19)15-9-3-4-20-11(9)12(16)17/h1-5,15H,(H,16,17). The van der Waals surface area contributed by atoms with Gasteiger partial charge in [0.25, 0.3) is 10.0 Å². The molecule has 0 atom stereocenters. The number of carbonyl (C=O) groups is 1. The van der Waals surface area contributed by atoms with Gasteiger partial charge in [-0.15, -0.1) is 11.3 Å². The minimum absolute atomic E-state index is 0.0589. The third kappa shape index (κ3) is 3.16. The van der Waals surface area contributed by atoms with Crippen LogP contribution >= 0.6 is 22.9 Å². The molecule has 2 aromatic rings. The molecule has 1 aromatic heterocycles. The van der Waals surface area contributed by atoms with E-state index in [9.17, 15) is 13.2 Å². The van der Waals surface area contributed by atoms with Crippen molar-refractivity contribution >= 4 is 44.6 Å². The first-order valence-corrected chi connectivity index (χ1v) is 8.12. The average Bonchev–Trinajstić information content (AvgIpc) is 2.86. The number of carboxylic acid groups (broad SMARTS) is 1. The summed E-state index contributed by atoms with van der Waals surface area (Å²) in [6.07, 6.45) is 0. The molecule has 0 unspecified atom stereocenters. The number of hydrogen-bond donors (Lipinski definition) is 2. The highest BCUT2D eigenvalue weighted by Crippen LogP contribution is 2.27. The zero-order chi connectivity index (χ0) is 15.6. The number of benzene rings is 1. The number of aromatic carboxylic acids is 1. The lowest BCUT2D eigenvalue weighted by Crippen LogP contribution is -2.15. The van der Waals surface area contributed by atoms with E-state index in [-0.39, 0.29) is 26.0 Å². The molecular weight excluding hydrogens is 336 g/mol. The van der Waals surface area contributed by atoms with Gasteiger partial charge in [-0.25, -0.2) is 13.2 Å². The van der Waals surface area contributed by atoms with Gasteiger partial charge in [-0.05, 0) is 29.6 Å². The van der Waals surface area contributed by atoms with Crippen LogP contribution in [0.2, 0.25) is 5.02 Å². The maximum Gasteiger partial charge on any atom is 0.348 e. The Morgan fingerprint density at radius 1 is 1.38 bits per heavy atom. The van der Waals surface area contributed by atoms with Crippen molar-refractivity contribution in [2.45, 2.75) is 4.90 Å². The van der Waals surface area contributed by atoms with Crippen LogP contribution < -0.4 is 4.72 Å². The molecule has 0 aliphatic rings. The van der Waals surface area contributed by atoms with Crippen molar-refractivity contribution in [1.29, 1.82) is 5.26 Å². The van der Waals surface area contributed by atoms with Crippen molar-refractivity contribution in [2.75, 3.05) is 4.72 Å². The summed E-state index contributed by atoms with van der Waals surface area (Å²) in [6, 6.07) is 6.90. The first kappa shape index (κ1) is 15.3. The van der Waals surface area contributed by atoms with Gasteiger partial charge in [0, 0.05) is 5.02 Å². The monoisotopic (exact) mass is 342 g/mol. The fraction of sp³-hybridized carbons (Fsp3) is 0. The molecule has 108 valence electrons. The van der Waals surface area contributed by atoms with E-state index in [1.165, 1.54) is 23.6 Å². The predicted octanol–water partition coefficient (Wildman–Crippen LogP) is 2.77. The van der Waals surface area contributed by atoms with Crippen LogP contribution in [0.25, 0.3) is 0 Å². The first-order chi connectivity index (χ1) is 9.85. The molecule has 0 bridgehead atoms. The molecule has 0 aliphatic heterocycles. The van der Waals surface area contributed by atoms with Crippen molar-refractivity contribution in [2.24, 2.45) is 0 Å².